The highest BCUT2D eigenvalue weighted by atomic mass is 19.1. The highest BCUT2D eigenvalue weighted by molar-refractivity contribution is 6.10. The predicted octanol–water partition coefficient (Wildman–Crippen LogP) is 2.36. The molecule has 1 aromatic carbocycles. The minimum Gasteiger partial charge on any atom is -0.287 e. The number of ketones is 1. The molecule has 90 valence electrons. The first-order chi connectivity index (χ1) is 8.59. The topological polar surface area (TPSA) is 73.1 Å². The summed E-state index contributed by atoms with van der Waals surface area (Å²) in [6.45, 7) is 0. The second kappa shape index (κ2) is 4.70. The van der Waals surface area contributed by atoms with Crippen LogP contribution in [0.5, 0.6) is 0 Å². The molecule has 0 aliphatic rings. The molecule has 1 aromatic heterocycles. The number of benzene rings is 1. The van der Waals surface area contributed by atoms with Crippen molar-refractivity contribution in [3.8, 4) is 0 Å². The highest BCUT2D eigenvalue weighted by Crippen LogP contribution is 2.21. The van der Waals surface area contributed by atoms with Gasteiger partial charge in [0.2, 0.25) is 5.78 Å². The number of nitro benzene ring substituents is 1. The summed E-state index contributed by atoms with van der Waals surface area (Å²) in [7, 11) is 0. The number of nitro groups is 1. The molecule has 1 heterocycles. The number of halogens is 1. The molecule has 0 atom stereocenters. The molecule has 0 unspecified atom stereocenters. The molecule has 5 nitrogen and oxygen atoms in total. The normalized spacial score (nSPS) is 10.1. The van der Waals surface area contributed by atoms with E-state index in [-0.39, 0.29) is 11.3 Å². The SMILES string of the molecule is O=C(c1ccccn1)c1cc(F)ccc1[N+](=O)[O-]. The second-order valence-corrected chi connectivity index (χ2v) is 3.46. The monoisotopic (exact) mass is 246 g/mol. The van der Waals surface area contributed by atoms with Gasteiger partial charge in [0.25, 0.3) is 5.69 Å². The van der Waals surface area contributed by atoms with Crippen molar-refractivity contribution in [2.45, 2.75) is 0 Å². The molecule has 0 spiro atoms. The number of nitrogens with zero attached hydrogens (tertiary/aromatic N) is 2. The number of carbonyl (C=O) groups is 1. The van der Waals surface area contributed by atoms with E-state index in [2.05, 4.69) is 4.98 Å². The van der Waals surface area contributed by atoms with Crippen molar-refractivity contribution in [1.29, 1.82) is 0 Å². The molecule has 0 amide bonds. The van der Waals surface area contributed by atoms with Gasteiger partial charge in [0.05, 0.1) is 4.92 Å². The van der Waals surface area contributed by atoms with Crippen LogP contribution >= 0.6 is 0 Å². The van der Waals surface area contributed by atoms with Crippen LogP contribution in [0.2, 0.25) is 0 Å². The van der Waals surface area contributed by atoms with Crippen molar-refractivity contribution in [3.63, 3.8) is 0 Å². The van der Waals surface area contributed by atoms with Crippen LogP contribution in [0.15, 0.2) is 42.6 Å². The molecule has 0 fully saturated rings. The van der Waals surface area contributed by atoms with E-state index in [1.165, 1.54) is 12.3 Å². The average molecular weight is 246 g/mol. The number of hydrogen-bond acceptors (Lipinski definition) is 4. The van der Waals surface area contributed by atoms with Gasteiger partial charge in [-0.25, -0.2) is 4.39 Å². The molecular formula is C12H7FN2O3. The first-order valence-corrected chi connectivity index (χ1v) is 4.99. The lowest BCUT2D eigenvalue weighted by Crippen LogP contribution is -2.07. The van der Waals surface area contributed by atoms with Gasteiger partial charge in [-0.15, -0.1) is 0 Å². The van der Waals surface area contributed by atoms with E-state index in [0.717, 1.165) is 18.2 Å². The van der Waals surface area contributed by atoms with Crippen molar-refractivity contribution in [3.05, 3.63) is 69.8 Å². The Labute approximate surface area is 101 Å². The number of pyridine rings is 1. The van der Waals surface area contributed by atoms with Crippen molar-refractivity contribution in [2.24, 2.45) is 0 Å². The molecule has 0 aliphatic heterocycles. The molecule has 6 heteroatoms. The van der Waals surface area contributed by atoms with E-state index in [4.69, 9.17) is 0 Å². The third kappa shape index (κ3) is 2.22. The fraction of sp³-hybridized carbons (Fsp3) is 0. The van der Waals surface area contributed by atoms with Crippen molar-refractivity contribution in [1.82, 2.24) is 4.98 Å². The second-order valence-electron chi connectivity index (χ2n) is 3.46. The zero-order valence-corrected chi connectivity index (χ0v) is 9.04. The van der Waals surface area contributed by atoms with Gasteiger partial charge in [-0.1, -0.05) is 6.07 Å². The smallest absolute Gasteiger partial charge is 0.280 e. The Morgan fingerprint density at radius 2 is 2.06 bits per heavy atom. The van der Waals surface area contributed by atoms with E-state index in [0.29, 0.717) is 0 Å². The van der Waals surface area contributed by atoms with Gasteiger partial charge >= 0.3 is 0 Å². The van der Waals surface area contributed by atoms with Gasteiger partial charge in [-0.05, 0) is 24.3 Å². The van der Waals surface area contributed by atoms with Crippen LogP contribution in [0.1, 0.15) is 16.1 Å². The van der Waals surface area contributed by atoms with Crippen LogP contribution in [0.3, 0.4) is 0 Å². The van der Waals surface area contributed by atoms with E-state index in [1.54, 1.807) is 12.1 Å². The maximum Gasteiger partial charge on any atom is 0.280 e. The van der Waals surface area contributed by atoms with Gasteiger partial charge in [0.15, 0.2) is 0 Å². The van der Waals surface area contributed by atoms with E-state index < -0.39 is 22.2 Å². The van der Waals surface area contributed by atoms with Crippen LogP contribution in [-0.4, -0.2) is 15.7 Å². The molecule has 0 aliphatic carbocycles. The van der Waals surface area contributed by atoms with E-state index in [9.17, 15) is 19.3 Å². The average Bonchev–Trinajstić information content (AvgIpc) is 2.38. The molecule has 2 aromatic rings. The maximum atomic E-state index is 13.1. The fourth-order valence-corrected chi connectivity index (χ4v) is 1.48. The largest absolute Gasteiger partial charge is 0.287 e. The number of hydrogen-bond donors (Lipinski definition) is 0. The van der Waals surface area contributed by atoms with Crippen LogP contribution in [0.25, 0.3) is 0 Å². The summed E-state index contributed by atoms with van der Waals surface area (Å²) in [6, 6.07) is 7.34. The molecule has 0 N–H and O–H groups in total. The van der Waals surface area contributed by atoms with Gasteiger partial charge in [-0.3, -0.25) is 19.9 Å². The van der Waals surface area contributed by atoms with Crippen LogP contribution < -0.4 is 0 Å². The molecule has 18 heavy (non-hydrogen) atoms. The first kappa shape index (κ1) is 11.8. The molecule has 0 saturated carbocycles. The van der Waals surface area contributed by atoms with Crippen LogP contribution in [0.4, 0.5) is 10.1 Å². The Balaban J connectivity index is 2.54. The third-order valence-electron chi connectivity index (χ3n) is 2.30. The Morgan fingerprint density at radius 3 is 2.67 bits per heavy atom. The molecule has 2 rings (SSSR count). The Bertz CT molecular complexity index is 614. The number of aromatic nitrogens is 1. The first-order valence-electron chi connectivity index (χ1n) is 4.99. The predicted molar refractivity (Wildman–Crippen MR) is 60.7 cm³/mol. The van der Waals surface area contributed by atoms with Crippen molar-refractivity contribution in [2.75, 3.05) is 0 Å². The number of rotatable bonds is 3. The summed E-state index contributed by atoms with van der Waals surface area (Å²) < 4.78 is 13.1. The summed E-state index contributed by atoms with van der Waals surface area (Å²) >= 11 is 0. The van der Waals surface area contributed by atoms with Crippen molar-refractivity contribution >= 4 is 11.5 Å². The van der Waals surface area contributed by atoms with Gasteiger partial charge < -0.3 is 0 Å². The standard InChI is InChI=1S/C12H7FN2O3/c13-8-4-5-11(15(17)18)9(7-8)12(16)10-3-1-2-6-14-10/h1-7H. The zero-order chi connectivity index (χ0) is 13.1. The Morgan fingerprint density at radius 1 is 1.28 bits per heavy atom. The lowest BCUT2D eigenvalue weighted by Gasteiger charge is -2.01. The summed E-state index contributed by atoms with van der Waals surface area (Å²) in [5.74, 6) is -1.39. The van der Waals surface area contributed by atoms with Gasteiger partial charge in [-0.2, -0.15) is 0 Å². The Hall–Kier alpha value is -2.63. The summed E-state index contributed by atoms with van der Waals surface area (Å²) in [5.41, 5.74) is -0.711. The number of carbonyl (C=O) groups excluding carboxylic acids is 1. The maximum absolute atomic E-state index is 13.1. The lowest BCUT2D eigenvalue weighted by atomic mass is 10.1. The summed E-state index contributed by atoms with van der Waals surface area (Å²) in [6.07, 6.45) is 1.39. The summed E-state index contributed by atoms with van der Waals surface area (Å²) in [5, 5.41) is 10.8. The molecule has 0 radical (unpaired) electrons. The van der Waals surface area contributed by atoms with E-state index in [1.807, 2.05) is 0 Å². The molecule has 0 saturated heterocycles. The third-order valence-corrected chi connectivity index (χ3v) is 2.30. The quantitative estimate of drug-likeness (QED) is 0.473. The van der Waals surface area contributed by atoms with Gasteiger partial charge in [0.1, 0.15) is 17.1 Å². The van der Waals surface area contributed by atoms with Gasteiger partial charge in [0, 0.05) is 12.3 Å². The van der Waals surface area contributed by atoms with E-state index >= 15 is 0 Å². The highest BCUT2D eigenvalue weighted by Gasteiger charge is 2.22. The zero-order valence-electron chi connectivity index (χ0n) is 9.04. The molecular weight excluding hydrogens is 239 g/mol. The van der Waals surface area contributed by atoms with Crippen molar-refractivity contribution < 1.29 is 14.1 Å². The molecule has 0 bridgehead atoms. The minimum atomic E-state index is -0.727. The fourth-order valence-electron chi connectivity index (χ4n) is 1.48. The van der Waals surface area contributed by atoms with Crippen LogP contribution in [0, 0.1) is 15.9 Å². The minimum absolute atomic E-state index is 0.0335. The Kier molecular flexibility index (Phi) is 3.09. The lowest BCUT2D eigenvalue weighted by molar-refractivity contribution is -0.385. The van der Waals surface area contributed by atoms with Crippen LogP contribution in [-0.2, 0) is 0 Å². The summed E-state index contributed by atoms with van der Waals surface area (Å²) in [4.78, 5) is 25.8.